The predicted molar refractivity (Wildman–Crippen MR) is 163 cm³/mol. The molecule has 45 heavy (non-hydrogen) atoms. The summed E-state index contributed by atoms with van der Waals surface area (Å²) >= 11 is 0.866. The molecule has 7 nitrogen and oxygen atoms in total. The Morgan fingerprint density at radius 2 is 1.91 bits per heavy atom. The Kier molecular flexibility index (Phi) is 8.02. The quantitative estimate of drug-likeness (QED) is 0.318. The Balaban J connectivity index is 1.38. The third-order valence-electron chi connectivity index (χ3n) is 11.7. The molecule has 4 fully saturated rings. The summed E-state index contributed by atoms with van der Waals surface area (Å²) in [5.41, 5.74) is -8.08. The Morgan fingerprint density at radius 3 is 2.60 bits per heavy atom. The Bertz CT molecular complexity index is 1500. The summed E-state index contributed by atoms with van der Waals surface area (Å²) in [5, 5.41) is 22.1. The van der Waals surface area contributed by atoms with Crippen molar-refractivity contribution in [3.8, 4) is 11.8 Å². The number of rotatable bonds is 4. The van der Waals surface area contributed by atoms with Gasteiger partial charge in [-0.05, 0) is 87.6 Å². The second-order valence-electron chi connectivity index (χ2n) is 14.1. The predicted octanol–water partition coefficient (Wildman–Crippen LogP) is 5.70. The molecule has 1 aromatic rings. The molecule has 4 saturated carbocycles. The van der Waals surface area contributed by atoms with Gasteiger partial charge in [0.2, 0.25) is 10.9 Å². The number of aliphatic hydroxyl groups is 2. The highest BCUT2D eigenvalue weighted by Gasteiger charge is 2.78. The van der Waals surface area contributed by atoms with Crippen LogP contribution in [0.1, 0.15) is 82.7 Å². The average Bonchev–Trinajstić information content (AvgIpc) is 3.61. The van der Waals surface area contributed by atoms with E-state index in [1.807, 2.05) is 0 Å². The standard InChI is InChI=1S/C35H40F2O7S/c1-21-17-23-24-19-26(36)25-18-22(38)10-14-31(25,2)34(24,37)28(39)20-32(23,3)35(21,44-29(40)27-9-7-15-43-27)30(41)45-16-8-13-33(42)11-5-4-6-12-33/h7,9-10,14-15,18,21,23-24,26,28,39,42H,4-6,11-12,16-17,19-20H2,1-3H3/t21-,23?,24?,26+,28+,31+,32+,34+,35+/m1/s1. The summed E-state index contributed by atoms with van der Waals surface area (Å²) in [6, 6.07) is 2.94. The first-order valence-corrected chi connectivity index (χ1v) is 16.8. The molecule has 2 unspecified atom stereocenters. The first-order valence-electron chi connectivity index (χ1n) is 15.8. The Morgan fingerprint density at radius 1 is 1.18 bits per heavy atom. The average molecular weight is 643 g/mol. The number of furan rings is 1. The lowest BCUT2D eigenvalue weighted by Gasteiger charge is -2.63. The number of hydrogen-bond donors (Lipinski definition) is 2. The minimum absolute atomic E-state index is 0.0165. The van der Waals surface area contributed by atoms with E-state index in [1.165, 1.54) is 37.5 Å². The highest BCUT2D eigenvalue weighted by Crippen LogP contribution is 2.72. The van der Waals surface area contributed by atoms with Crippen LogP contribution in [0, 0.1) is 40.4 Å². The number of hydrogen-bond acceptors (Lipinski definition) is 8. The van der Waals surface area contributed by atoms with Crippen LogP contribution in [-0.2, 0) is 14.3 Å². The molecule has 0 saturated heterocycles. The van der Waals surface area contributed by atoms with Crippen LogP contribution in [0.15, 0.2) is 46.6 Å². The van der Waals surface area contributed by atoms with Gasteiger partial charge in [0.05, 0.1) is 18.1 Å². The van der Waals surface area contributed by atoms with Gasteiger partial charge in [-0.15, -0.1) is 0 Å². The maximum absolute atomic E-state index is 17.7. The van der Waals surface area contributed by atoms with E-state index >= 15 is 8.78 Å². The van der Waals surface area contributed by atoms with Crippen molar-refractivity contribution in [3.05, 3.63) is 48.0 Å². The number of alkyl halides is 2. The van der Waals surface area contributed by atoms with E-state index in [9.17, 15) is 24.6 Å². The van der Waals surface area contributed by atoms with Crippen LogP contribution >= 0.6 is 11.8 Å². The van der Waals surface area contributed by atoms with E-state index < -0.39 is 74.6 Å². The molecule has 6 rings (SSSR count). The van der Waals surface area contributed by atoms with Crippen molar-refractivity contribution in [1.82, 2.24) is 0 Å². The first-order chi connectivity index (χ1) is 21.2. The van der Waals surface area contributed by atoms with Crippen molar-refractivity contribution in [2.24, 2.45) is 28.6 Å². The largest absolute Gasteiger partial charge is 0.457 e. The molecule has 0 aromatic carbocycles. The zero-order chi connectivity index (χ0) is 32.4. The van der Waals surface area contributed by atoms with Gasteiger partial charge in [0.1, 0.15) is 11.8 Å². The van der Waals surface area contributed by atoms with Crippen LogP contribution in [0.25, 0.3) is 0 Å². The number of thioether (sulfide) groups is 1. The van der Waals surface area contributed by atoms with E-state index in [-0.39, 0.29) is 36.3 Å². The molecule has 0 aliphatic heterocycles. The van der Waals surface area contributed by atoms with Gasteiger partial charge in [-0.25, -0.2) is 13.6 Å². The molecule has 2 N–H and O–H groups in total. The van der Waals surface area contributed by atoms with Gasteiger partial charge < -0.3 is 19.4 Å². The van der Waals surface area contributed by atoms with Gasteiger partial charge in [-0.2, -0.15) is 0 Å². The van der Waals surface area contributed by atoms with Crippen molar-refractivity contribution in [1.29, 1.82) is 0 Å². The van der Waals surface area contributed by atoms with Gasteiger partial charge in [-0.1, -0.05) is 49.9 Å². The molecule has 0 radical (unpaired) electrons. The molecular weight excluding hydrogens is 602 g/mol. The van der Waals surface area contributed by atoms with E-state index in [1.54, 1.807) is 13.8 Å². The maximum atomic E-state index is 17.7. The smallest absolute Gasteiger partial charge is 0.375 e. The lowest BCUT2D eigenvalue weighted by Crippen LogP contribution is -2.70. The minimum Gasteiger partial charge on any atom is -0.457 e. The van der Waals surface area contributed by atoms with Crippen molar-refractivity contribution < 1.29 is 42.5 Å². The highest BCUT2D eigenvalue weighted by molar-refractivity contribution is 8.14. The van der Waals surface area contributed by atoms with Crippen LogP contribution in [0.5, 0.6) is 0 Å². The Labute approximate surface area is 266 Å². The first kappa shape index (κ1) is 32.2. The number of ether oxygens (including phenoxy) is 1. The zero-order valence-electron chi connectivity index (χ0n) is 25.8. The third-order valence-corrected chi connectivity index (χ3v) is 12.6. The number of carbonyl (C=O) groups excluding carboxylic acids is 3. The van der Waals surface area contributed by atoms with E-state index in [0.29, 0.717) is 12.8 Å². The van der Waals surface area contributed by atoms with E-state index in [4.69, 9.17) is 9.15 Å². The van der Waals surface area contributed by atoms with E-state index in [0.717, 1.165) is 37.1 Å². The summed E-state index contributed by atoms with van der Waals surface area (Å²) in [6.07, 6.45) is 5.41. The SMILES string of the molecule is C[C@@H]1CC2C3C[C@H](F)C4=CC(=O)C=C[C@]4(C)[C@@]3(F)[C@@H](O)C[C@]2(C)[C@@]1(OC(=O)c1ccco1)C(=O)SCC#CC1(O)CCCCC1. The zero-order valence-corrected chi connectivity index (χ0v) is 26.6. The molecular formula is C35H40F2O7S. The molecule has 5 aliphatic carbocycles. The van der Waals surface area contributed by atoms with Crippen LogP contribution < -0.4 is 0 Å². The van der Waals surface area contributed by atoms with Crippen molar-refractivity contribution in [2.45, 2.75) is 101 Å². The molecule has 1 heterocycles. The number of aliphatic hydroxyl groups excluding tert-OH is 1. The maximum Gasteiger partial charge on any atom is 0.375 e. The highest BCUT2D eigenvalue weighted by atomic mass is 32.2. The number of halogens is 2. The summed E-state index contributed by atoms with van der Waals surface area (Å²) < 4.78 is 45.1. The van der Waals surface area contributed by atoms with Crippen molar-refractivity contribution in [2.75, 3.05) is 5.75 Å². The van der Waals surface area contributed by atoms with Crippen LogP contribution in [-0.4, -0.2) is 62.0 Å². The van der Waals surface area contributed by atoms with Gasteiger partial charge >= 0.3 is 5.97 Å². The second-order valence-corrected chi connectivity index (χ2v) is 15.0. The number of ketones is 1. The molecule has 242 valence electrons. The lowest BCUT2D eigenvalue weighted by molar-refractivity contribution is -0.221. The van der Waals surface area contributed by atoms with Gasteiger partial charge in [-0.3, -0.25) is 9.59 Å². The molecule has 0 spiro atoms. The fourth-order valence-corrected chi connectivity index (χ4v) is 10.4. The second kappa shape index (κ2) is 11.2. The summed E-state index contributed by atoms with van der Waals surface area (Å²) in [4.78, 5) is 40.1. The molecule has 10 heteroatoms. The molecule has 0 amide bonds. The van der Waals surface area contributed by atoms with Gasteiger partial charge in [0.15, 0.2) is 17.1 Å². The normalized spacial score (nSPS) is 41.5. The third kappa shape index (κ3) is 4.71. The molecule has 0 bridgehead atoms. The summed E-state index contributed by atoms with van der Waals surface area (Å²) in [7, 11) is 0. The number of esters is 1. The fourth-order valence-electron chi connectivity index (χ4n) is 9.48. The van der Waals surface area contributed by atoms with Gasteiger partial charge in [0.25, 0.3) is 0 Å². The topological polar surface area (TPSA) is 114 Å². The van der Waals surface area contributed by atoms with Crippen LogP contribution in [0.3, 0.4) is 0 Å². The molecule has 5 aliphatic rings. The van der Waals surface area contributed by atoms with E-state index in [2.05, 4.69) is 11.8 Å². The lowest BCUT2D eigenvalue weighted by atomic mass is 9.44. The number of carbonyl (C=O) groups is 3. The molecule has 9 atom stereocenters. The van der Waals surface area contributed by atoms with Crippen LogP contribution in [0.2, 0.25) is 0 Å². The number of fused-ring (bicyclic) bond motifs is 5. The summed E-state index contributed by atoms with van der Waals surface area (Å²) in [5.74, 6) is 2.19. The Hall–Kier alpha value is -2.74. The van der Waals surface area contributed by atoms with Crippen molar-refractivity contribution in [3.63, 3.8) is 0 Å². The summed E-state index contributed by atoms with van der Waals surface area (Å²) in [6.45, 7) is 5.02. The minimum atomic E-state index is -2.33. The fraction of sp³-hybridized carbons (Fsp3) is 0.629. The van der Waals surface area contributed by atoms with Gasteiger partial charge in [0, 0.05) is 22.7 Å². The number of allylic oxidation sites excluding steroid dienone is 4. The monoisotopic (exact) mass is 642 g/mol. The molecule has 1 aromatic heterocycles. The van der Waals surface area contributed by atoms with Crippen LogP contribution in [0.4, 0.5) is 8.78 Å². The van der Waals surface area contributed by atoms with Crippen molar-refractivity contribution >= 4 is 28.6 Å².